The standard InChI is InChI=1S/C30H40N4O2/c1-5-7-10-18-33(30(36)26-15-11-17-31-20-26)23-29(35)34(25(4)6-2)22-28-16-12-19-32(28)21-27-14-9-8-13-24(27)3/h8-9,11-17,19-20,25H,5-7,10,18,21-23H2,1-4H3. The summed E-state index contributed by atoms with van der Waals surface area (Å²) in [7, 11) is 0. The van der Waals surface area contributed by atoms with E-state index < -0.39 is 0 Å². The SMILES string of the molecule is CCCCCN(CC(=O)N(Cc1cccn1Cc1ccccc1C)C(C)CC)C(=O)c1cccnc1. The largest absolute Gasteiger partial charge is 0.345 e. The van der Waals surface area contributed by atoms with Gasteiger partial charge in [-0.1, -0.05) is 51.0 Å². The molecule has 0 radical (unpaired) electrons. The average Bonchev–Trinajstić information content (AvgIpc) is 3.34. The molecule has 36 heavy (non-hydrogen) atoms. The van der Waals surface area contributed by atoms with Gasteiger partial charge in [-0.15, -0.1) is 0 Å². The molecule has 0 spiro atoms. The Kier molecular flexibility index (Phi) is 10.3. The summed E-state index contributed by atoms with van der Waals surface area (Å²) in [5, 5.41) is 0. The van der Waals surface area contributed by atoms with Gasteiger partial charge in [-0.25, -0.2) is 0 Å². The fourth-order valence-electron chi connectivity index (χ4n) is 4.33. The minimum atomic E-state index is -0.139. The van der Waals surface area contributed by atoms with Gasteiger partial charge in [0.05, 0.1) is 12.1 Å². The van der Waals surface area contributed by atoms with Gasteiger partial charge in [0, 0.05) is 43.4 Å². The molecule has 3 rings (SSSR count). The number of unbranched alkanes of at least 4 members (excludes halogenated alkanes) is 2. The van der Waals surface area contributed by atoms with Crippen molar-refractivity contribution < 1.29 is 9.59 Å². The van der Waals surface area contributed by atoms with Crippen molar-refractivity contribution in [2.75, 3.05) is 13.1 Å². The van der Waals surface area contributed by atoms with Crippen LogP contribution in [0, 0.1) is 6.92 Å². The predicted octanol–water partition coefficient (Wildman–Crippen LogP) is 5.70. The number of aryl methyl sites for hydroxylation is 1. The van der Waals surface area contributed by atoms with E-state index in [4.69, 9.17) is 0 Å². The van der Waals surface area contributed by atoms with Crippen LogP contribution in [0.4, 0.5) is 0 Å². The van der Waals surface area contributed by atoms with Gasteiger partial charge in [0.1, 0.15) is 6.54 Å². The molecule has 6 nitrogen and oxygen atoms in total. The summed E-state index contributed by atoms with van der Waals surface area (Å²) < 4.78 is 2.21. The lowest BCUT2D eigenvalue weighted by atomic mass is 10.1. The molecule has 3 aromatic rings. The van der Waals surface area contributed by atoms with Crippen LogP contribution in [0.25, 0.3) is 0 Å². The number of amides is 2. The molecule has 1 unspecified atom stereocenters. The highest BCUT2D eigenvalue weighted by Gasteiger charge is 2.25. The Morgan fingerprint density at radius 2 is 1.83 bits per heavy atom. The second-order valence-electron chi connectivity index (χ2n) is 9.51. The van der Waals surface area contributed by atoms with Gasteiger partial charge in [0.25, 0.3) is 5.91 Å². The van der Waals surface area contributed by atoms with Crippen molar-refractivity contribution in [3.05, 3.63) is 89.5 Å². The van der Waals surface area contributed by atoms with Crippen molar-refractivity contribution in [3.8, 4) is 0 Å². The highest BCUT2D eigenvalue weighted by molar-refractivity contribution is 5.96. The molecule has 0 aliphatic heterocycles. The number of hydrogen-bond acceptors (Lipinski definition) is 3. The first kappa shape index (κ1) is 27.2. The first-order valence-corrected chi connectivity index (χ1v) is 13.1. The van der Waals surface area contributed by atoms with Crippen molar-refractivity contribution in [2.24, 2.45) is 0 Å². The normalized spacial score (nSPS) is 11.8. The van der Waals surface area contributed by atoms with Crippen LogP contribution in [0.1, 0.15) is 73.6 Å². The second-order valence-corrected chi connectivity index (χ2v) is 9.51. The summed E-state index contributed by atoms with van der Waals surface area (Å²) in [4.78, 5) is 34.6. The van der Waals surface area contributed by atoms with Crippen molar-refractivity contribution in [2.45, 2.75) is 72.5 Å². The molecule has 0 aliphatic carbocycles. The quantitative estimate of drug-likeness (QED) is 0.290. The van der Waals surface area contributed by atoms with E-state index in [0.717, 1.165) is 37.9 Å². The van der Waals surface area contributed by atoms with E-state index >= 15 is 0 Å². The summed E-state index contributed by atoms with van der Waals surface area (Å²) in [6.45, 7) is 10.3. The Bertz CT molecular complexity index is 1110. The van der Waals surface area contributed by atoms with Crippen LogP contribution < -0.4 is 0 Å². The maximum absolute atomic E-state index is 13.7. The number of hydrogen-bond donors (Lipinski definition) is 0. The summed E-state index contributed by atoms with van der Waals surface area (Å²) in [6, 6.07) is 16.1. The number of benzene rings is 1. The molecule has 192 valence electrons. The van der Waals surface area contributed by atoms with Gasteiger partial charge in [-0.3, -0.25) is 14.6 Å². The predicted molar refractivity (Wildman–Crippen MR) is 145 cm³/mol. The molecule has 0 saturated heterocycles. The second kappa shape index (κ2) is 13.6. The Morgan fingerprint density at radius 3 is 2.53 bits per heavy atom. The molecule has 2 aromatic heterocycles. The molecule has 0 saturated carbocycles. The molecular weight excluding hydrogens is 448 g/mol. The summed E-state index contributed by atoms with van der Waals surface area (Å²) in [6.07, 6.45) is 9.09. The molecule has 6 heteroatoms. The van der Waals surface area contributed by atoms with Gasteiger partial charge in [-0.2, -0.15) is 0 Å². The molecule has 0 aliphatic rings. The Morgan fingerprint density at radius 1 is 1.03 bits per heavy atom. The number of rotatable bonds is 13. The highest BCUT2D eigenvalue weighted by Crippen LogP contribution is 2.17. The number of carbonyl (C=O) groups is 2. The Balaban J connectivity index is 1.78. The maximum Gasteiger partial charge on any atom is 0.255 e. The number of pyridine rings is 1. The Labute approximate surface area is 216 Å². The zero-order valence-corrected chi connectivity index (χ0v) is 22.2. The van der Waals surface area contributed by atoms with Gasteiger partial charge in [-0.05, 0) is 62.1 Å². The molecule has 1 aromatic carbocycles. The van der Waals surface area contributed by atoms with E-state index in [1.54, 1.807) is 29.4 Å². The van der Waals surface area contributed by atoms with Crippen molar-refractivity contribution in [1.29, 1.82) is 0 Å². The number of aromatic nitrogens is 2. The average molecular weight is 489 g/mol. The molecule has 2 heterocycles. The highest BCUT2D eigenvalue weighted by atomic mass is 16.2. The molecule has 0 N–H and O–H groups in total. The lowest BCUT2D eigenvalue weighted by Crippen LogP contribution is -2.46. The molecule has 1 atom stereocenters. The van der Waals surface area contributed by atoms with E-state index in [-0.39, 0.29) is 24.4 Å². The van der Waals surface area contributed by atoms with E-state index in [9.17, 15) is 9.59 Å². The fourth-order valence-corrected chi connectivity index (χ4v) is 4.33. The zero-order valence-electron chi connectivity index (χ0n) is 22.2. The summed E-state index contributed by atoms with van der Waals surface area (Å²) in [5.41, 5.74) is 4.12. The fraction of sp³-hybridized carbons (Fsp3) is 0.433. The zero-order chi connectivity index (χ0) is 25.9. The lowest BCUT2D eigenvalue weighted by molar-refractivity contribution is -0.134. The third-order valence-corrected chi connectivity index (χ3v) is 6.85. The van der Waals surface area contributed by atoms with Gasteiger partial charge < -0.3 is 14.4 Å². The smallest absolute Gasteiger partial charge is 0.255 e. The van der Waals surface area contributed by atoms with Crippen LogP contribution in [0.15, 0.2) is 67.1 Å². The van der Waals surface area contributed by atoms with Crippen molar-refractivity contribution in [1.82, 2.24) is 19.4 Å². The molecule has 0 bridgehead atoms. The van der Waals surface area contributed by atoms with Crippen molar-refractivity contribution in [3.63, 3.8) is 0 Å². The van der Waals surface area contributed by atoms with Crippen LogP contribution in [0.3, 0.4) is 0 Å². The third-order valence-electron chi connectivity index (χ3n) is 6.85. The van der Waals surface area contributed by atoms with E-state index in [1.807, 2.05) is 11.0 Å². The maximum atomic E-state index is 13.7. The lowest BCUT2D eigenvalue weighted by Gasteiger charge is -2.32. The van der Waals surface area contributed by atoms with E-state index in [0.29, 0.717) is 18.7 Å². The van der Waals surface area contributed by atoms with Crippen LogP contribution in [0.2, 0.25) is 0 Å². The van der Waals surface area contributed by atoms with Gasteiger partial charge in [0.15, 0.2) is 0 Å². The number of carbonyl (C=O) groups excluding carboxylic acids is 2. The van der Waals surface area contributed by atoms with Crippen LogP contribution >= 0.6 is 0 Å². The Hall–Kier alpha value is -3.41. The van der Waals surface area contributed by atoms with Crippen molar-refractivity contribution >= 4 is 11.8 Å². The molecular formula is C30H40N4O2. The first-order valence-electron chi connectivity index (χ1n) is 13.1. The summed E-state index contributed by atoms with van der Waals surface area (Å²) in [5.74, 6) is -0.165. The van der Waals surface area contributed by atoms with E-state index in [1.165, 1.54) is 11.1 Å². The van der Waals surface area contributed by atoms with Crippen LogP contribution in [-0.4, -0.2) is 50.3 Å². The summed E-state index contributed by atoms with van der Waals surface area (Å²) >= 11 is 0. The van der Waals surface area contributed by atoms with Gasteiger partial charge in [0.2, 0.25) is 5.91 Å². The minimum Gasteiger partial charge on any atom is -0.345 e. The van der Waals surface area contributed by atoms with Gasteiger partial charge >= 0.3 is 0 Å². The first-order chi connectivity index (χ1) is 17.4. The molecule has 2 amide bonds. The topological polar surface area (TPSA) is 58.4 Å². The third kappa shape index (κ3) is 7.30. The van der Waals surface area contributed by atoms with Crippen LogP contribution in [0.5, 0.6) is 0 Å². The van der Waals surface area contributed by atoms with E-state index in [2.05, 4.69) is 73.8 Å². The number of nitrogens with zero attached hydrogens (tertiary/aromatic N) is 4. The monoisotopic (exact) mass is 488 g/mol. The molecule has 0 fully saturated rings. The van der Waals surface area contributed by atoms with Crippen LogP contribution in [-0.2, 0) is 17.9 Å². The minimum absolute atomic E-state index is 0.0262.